The Hall–Kier alpha value is -3.43. The third kappa shape index (κ3) is 3.87. The van der Waals surface area contributed by atoms with Gasteiger partial charge < -0.3 is 29.4 Å². The lowest BCUT2D eigenvalue weighted by atomic mass is 9.93. The highest BCUT2D eigenvalue weighted by molar-refractivity contribution is 6.34. The summed E-state index contributed by atoms with van der Waals surface area (Å²) in [5, 5.41) is 20.1. The van der Waals surface area contributed by atoms with Crippen LogP contribution in [-0.4, -0.2) is 63.8 Å². The van der Waals surface area contributed by atoms with Gasteiger partial charge in [-0.25, -0.2) is 0 Å². The molecule has 9 heteroatoms. The lowest BCUT2D eigenvalue weighted by Crippen LogP contribution is -2.34. The molecular formula is C29H25ClN2O6. The van der Waals surface area contributed by atoms with Crippen LogP contribution in [0.5, 0.6) is 6.01 Å². The second-order valence-corrected chi connectivity index (χ2v) is 10.7. The number of aliphatic hydroxyl groups is 1. The van der Waals surface area contributed by atoms with Crippen LogP contribution in [0.1, 0.15) is 18.4 Å². The molecule has 0 amide bonds. The third-order valence-corrected chi connectivity index (χ3v) is 8.23. The molecule has 38 heavy (non-hydrogen) atoms. The summed E-state index contributed by atoms with van der Waals surface area (Å²) in [5.74, 6) is -0.747. The monoisotopic (exact) mass is 532 g/mol. The molecule has 3 aromatic carbocycles. The highest BCUT2D eigenvalue weighted by atomic mass is 35.5. The Kier molecular flexibility index (Phi) is 5.49. The topological polar surface area (TPSA) is 114 Å². The number of aliphatic hydroxyl groups excluding tert-OH is 1. The number of rotatable bonds is 6. The number of carboxylic acid groups (broad SMARTS) is 1. The Balaban J connectivity index is 1.10. The quantitative estimate of drug-likeness (QED) is 0.333. The van der Waals surface area contributed by atoms with Crippen LogP contribution in [0.25, 0.3) is 33.3 Å². The SMILES string of the molecule is O=C(O)C1(c2ccc(-c3ccc(-c4cc5nc(O[C@@H]6CO[C@H]7[C@@H]6OC[C@H]7O)[nH]c5cc4Cl)cc3)cc2)CC1. The van der Waals surface area contributed by atoms with Crippen molar-refractivity contribution in [2.24, 2.45) is 0 Å². The van der Waals surface area contributed by atoms with Crippen LogP contribution in [0.4, 0.5) is 0 Å². The van der Waals surface area contributed by atoms with Gasteiger partial charge in [-0.3, -0.25) is 4.79 Å². The summed E-state index contributed by atoms with van der Waals surface area (Å²) in [7, 11) is 0. The van der Waals surface area contributed by atoms with Gasteiger partial charge in [0.05, 0.1) is 34.7 Å². The number of H-pyrrole nitrogens is 1. The molecule has 4 atom stereocenters. The number of imidazole rings is 1. The highest BCUT2D eigenvalue weighted by Crippen LogP contribution is 2.48. The normalized spacial score (nSPS) is 25.4. The van der Waals surface area contributed by atoms with Crippen molar-refractivity contribution in [3.05, 3.63) is 71.2 Å². The number of aromatic nitrogens is 2. The molecule has 3 heterocycles. The van der Waals surface area contributed by atoms with E-state index in [-0.39, 0.29) is 24.9 Å². The van der Waals surface area contributed by atoms with Gasteiger partial charge in [0.25, 0.3) is 6.01 Å². The summed E-state index contributed by atoms with van der Waals surface area (Å²) < 4.78 is 17.3. The van der Waals surface area contributed by atoms with Crippen molar-refractivity contribution < 1.29 is 29.2 Å². The Morgan fingerprint density at radius 2 is 1.63 bits per heavy atom. The third-order valence-electron chi connectivity index (χ3n) is 7.92. The molecule has 3 N–H and O–H groups in total. The van der Waals surface area contributed by atoms with Gasteiger partial charge in [-0.15, -0.1) is 0 Å². The fourth-order valence-corrected chi connectivity index (χ4v) is 5.82. The molecule has 194 valence electrons. The van der Waals surface area contributed by atoms with Crippen LogP contribution in [-0.2, 0) is 19.7 Å². The molecule has 3 aliphatic rings. The lowest BCUT2D eigenvalue weighted by Gasteiger charge is -2.15. The van der Waals surface area contributed by atoms with Crippen LogP contribution in [0.2, 0.25) is 5.02 Å². The number of fused-ring (bicyclic) bond motifs is 2. The van der Waals surface area contributed by atoms with E-state index >= 15 is 0 Å². The highest BCUT2D eigenvalue weighted by Gasteiger charge is 2.51. The van der Waals surface area contributed by atoms with Gasteiger partial charge in [0.15, 0.2) is 6.10 Å². The van der Waals surface area contributed by atoms with E-state index < -0.39 is 17.5 Å². The van der Waals surface area contributed by atoms with Crippen LogP contribution in [0.15, 0.2) is 60.7 Å². The van der Waals surface area contributed by atoms with Gasteiger partial charge in [0, 0.05) is 5.56 Å². The molecule has 0 unspecified atom stereocenters. The maximum atomic E-state index is 11.6. The molecule has 0 spiro atoms. The van der Waals surface area contributed by atoms with Gasteiger partial charge in [0.1, 0.15) is 18.3 Å². The van der Waals surface area contributed by atoms with E-state index in [1.165, 1.54) is 0 Å². The summed E-state index contributed by atoms with van der Waals surface area (Å²) in [5.41, 5.74) is 5.49. The van der Waals surface area contributed by atoms with Gasteiger partial charge in [-0.2, -0.15) is 4.98 Å². The largest absolute Gasteiger partial charge is 0.481 e. The first-order chi connectivity index (χ1) is 18.4. The van der Waals surface area contributed by atoms with Crippen molar-refractivity contribution in [3.8, 4) is 28.3 Å². The van der Waals surface area contributed by atoms with Crippen molar-refractivity contribution in [1.82, 2.24) is 9.97 Å². The molecule has 0 bridgehead atoms. The van der Waals surface area contributed by atoms with E-state index in [0.717, 1.165) is 33.3 Å². The molecule has 0 radical (unpaired) electrons. The summed E-state index contributed by atoms with van der Waals surface area (Å²) in [4.78, 5) is 19.4. The van der Waals surface area contributed by atoms with Crippen molar-refractivity contribution in [2.45, 2.75) is 42.7 Å². The zero-order valence-electron chi connectivity index (χ0n) is 20.3. The van der Waals surface area contributed by atoms with Crippen LogP contribution < -0.4 is 4.74 Å². The Labute approximate surface area is 223 Å². The lowest BCUT2D eigenvalue weighted by molar-refractivity contribution is -0.140. The molecule has 1 aromatic heterocycles. The van der Waals surface area contributed by atoms with Gasteiger partial charge in [-0.05, 0) is 47.2 Å². The van der Waals surface area contributed by atoms with E-state index in [1.54, 1.807) is 0 Å². The predicted octanol–water partition coefficient (Wildman–Crippen LogP) is 4.57. The van der Waals surface area contributed by atoms with Gasteiger partial charge in [-0.1, -0.05) is 60.1 Å². The van der Waals surface area contributed by atoms with Gasteiger partial charge in [0.2, 0.25) is 0 Å². The Bertz CT molecular complexity index is 1530. The first kappa shape index (κ1) is 23.7. The molecule has 2 saturated heterocycles. The van der Waals surface area contributed by atoms with E-state index in [4.69, 9.17) is 25.8 Å². The van der Waals surface area contributed by atoms with Crippen LogP contribution in [0.3, 0.4) is 0 Å². The zero-order chi connectivity index (χ0) is 26.0. The number of halogens is 1. The first-order valence-electron chi connectivity index (χ1n) is 12.6. The number of aliphatic carboxylic acids is 1. The summed E-state index contributed by atoms with van der Waals surface area (Å²) in [6.07, 6.45) is -0.291. The maximum Gasteiger partial charge on any atom is 0.314 e. The summed E-state index contributed by atoms with van der Waals surface area (Å²) in [6, 6.07) is 20.0. The molecule has 3 fully saturated rings. The fraction of sp³-hybridized carbons (Fsp3) is 0.310. The van der Waals surface area contributed by atoms with Crippen LogP contribution in [0, 0.1) is 0 Å². The molecule has 1 saturated carbocycles. The molecule has 7 rings (SSSR count). The number of nitrogens with zero attached hydrogens (tertiary/aromatic N) is 1. The number of hydrogen-bond acceptors (Lipinski definition) is 6. The molecule has 8 nitrogen and oxygen atoms in total. The number of carbonyl (C=O) groups is 1. The second kappa shape index (κ2) is 8.81. The number of aromatic amines is 1. The minimum absolute atomic E-state index is 0.240. The smallest absolute Gasteiger partial charge is 0.314 e. The maximum absolute atomic E-state index is 11.6. The Morgan fingerprint density at radius 3 is 2.32 bits per heavy atom. The van der Waals surface area contributed by atoms with E-state index in [1.807, 2.05) is 60.7 Å². The summed E-state index contributed by atoms with van der Waals surface area (Å²) in [6.45, 7) is 0.564. The van der Waals surface area contributed by atoms with Crippen molar-refractivity contribution in [1.29, 1.82) is 0 Å². The fourth-order valence-electron chi connectivity index (χ4n) is 5.55. The predicted molar refractivity (Wildman–Crippen MR) is 140 cm³/mol. The second-order valence-electron chi connectivity index (χ2n) is 10.3. The van der Waals surface area contributed by atoms with E-state index in [2.05, 4.69) is 9.97 Å². The van der Waals surface area contributed by atoms with E-state index in [9.17, 15) is 15.0 Å². The molecular weight excluding hydrogens is 508 g/mol. The van der Waals surface area contributed by atoms with Crippen molar-refractivity contribution >= 4 is 28.6 Å². The minimum Gasteiger partial charge on any atom is -0.481 e. The van der Waals surface area contributed by atoms with Gasteiger partial charge >= 0.3 is 5.97 Å². The van der Waals surface area contributed by atoms with Crippen molar-refractivity contribution in [3.63, 3.8) is 0 Å². The molecule has 2 aliphatic heterocycles. The number of hydrogen-bond donors (Lipinski definition) is 3. The standard InChI is InChI=1S/C29H25ClN2O6/c30-20-12-22-21(31-28(32-22)38-24-14-37-25-23(33)13-36-26(24)25)11-19(20)17-3-1-15(2-4-17)16-5-7-18(8-6-16)29(9-10-29)27(34)35/h1-8,11-12,23-26,33H,9-10,13-14H2,(H,31,32)(H,34,35)/t23-,24-,25-,26-/m1/s1. The number of carboxylic acids is 1. The number of benzene rings is 3. The average molecular weight is 533 g/mol. The number of ether oxygens (including phenoxy) is 3. The van der Waals surface area contributed by atoms with Crippen molar-refractivity contribution in [2.75, 3.05) is 13.2 Å². The minimum atomic E-state index is -0.747. The molecule has 1 aliphatic carbocycles. The number of nitrogens with one attached hydrogen (secondary N) is 1. The Morgan fingerprint density at radius 1 is 0.974 bits per heavy atom. The van der Waals surface area contributed by atoms with Crippen LogP contribution >= 0.6 is 11.6 Å². The first-order valence-corrected chi connectivity index (χ1v) is 13.0. The average Bonchev–Trinajstić information content (AvgIpc) is 3.32. The zero-order valence-corrected chi connectivity index (χ0v) is 21.0. The van der Waals surface area contributed by atoms with E-state index in [0.29, 0.717) is 36.0 Å². The summed E-state index contributed by atoms with van der Waals surface area (Å²) >= 11 is 6.65. The molecule has 4 aromatic rings.